The zero-order chi connectivity index (χ0) is 21.1. The topological polar surface area (TPSA) is 49.4 Å². The maximum absolute atomic E-state index is 13.0. The molecule has 156 valence electrons. The Balaban J connectivity index is 2.00. The van der Waals surface area contributed by atoms with Gasteiger partial charge < -0.3 is 10.2 Å². The maximum Gasteiger partial charge on any atom is 0.242 e. The molecule has 0 saturated heterocycles. The van der Waals surface area contributed by atoms with Crippen molar-refractivity contribution in [3.63, 3.8) is 0 Å². The molecule has 0 aliphatic rings. The second-order valence-corrected chi connectivity index (χ2v) is 8.30. The van der Waals surface area contributed by atoms with Crippen LogP contribution in [0.25, 0.3) is 0 Å². The number of unbranched alkanes of at least 4 members (excludes halogenated alkanes) is 1. The van der Waals surface area contributed by atoms with Gasteiger partial charge in [0, 0.05) is 18.8 Å². The minimum Gasteiger partial charge on any atom is -0.354 e. The average Bonchev–Trinajstić information content (AvgIpc) is 2.72. The third-order valence-corrected chi connectivity index (χ3v) is 5.76. The van der Waals surface area contributed by atoms with E-state index in [0.29, 0.717) is 18.8 Å². The Hall–Kier alpha value is -2.27. The van der Waals surface area contributed by atoms with Gasteiger partial charge in [-0.25, -0.2) is 0 Å². The number of thioether (sulfide) groups is 1. The van der Waals surface area contributed by atoms with Gasteiger partial charge in [-0.1, -0.05) is 73.5 Å². The zero-order valence-corrected chi connectivity index (χ0v) is 18.5. The fraction of sp³-hybridized carbons (Fsp3) is 0.417. The first kappa shape index (κ1) is 23.0. The number of hydrogen-bond donors (Lipinski definition) is 1. The Labute approximate surface area is 179 Å². The molecule has 0 fully saturated rings. The third-order valence-electron chi connectivity index (χ3n) is 4.77. The van der Waals surface area contributed by atoms with Crippen molar-refractivity contribution in [3.8, 4) is 0 Å². The van der Waals surface area contributed by atoms with Gasteiger partial charge >= 0.3 is 0 Å². The summed E-state index contributed by atoms with van der Waals surface area (Å²) in [5, 5.41) is 2.95. The van der Waals surface area contributed by atoms with Crippen molar-refractivity contribution in [2.45, 2.75) is 52.0 Å². The molecule has 0 saturated carbocycles. The van der Waals surface area contributed by atoms with E-state index in [1.54, 1.807) is 16.7 Å². The van der Waals surface area contributed by atoms with Crippen LogP contribution in [0.5, 0.6) is 0 Å². The molecule has 2 aromatic carbocycles. The molecule has 5 heteroatoms. The molecule has 0 spiro atoms. The minimum atomic E-state index is -0.501. The first-order valence-corrected chi connectivity index (χ1v) is 11.4. The highest BCUT2D eigenvalue weighted by Gasteiger charge is 2.25. The number of aryl methyl sites for hydroxylation is 1. The average molecular weight is 413 g/mol. The lowest BCUT2D eigenvalue weighted by Crippen LogP contribution is -2.48. The lowest BCUT2D eigenvalue weighted by Gasteiger charge is -2.28. The molecule has 2 rings (SSSR count). The highest BCUT2D eigenvalue weighted by molar-refractivity contribution is 7.99. The molecule has 1 N–H and O–H groups in total. The summed E-state index contributed by atoms with van der Waals surface area (Å²) in [6, 6.07) is 17.7. The van der Waals surface area contributed by atoms with Crippen LogP contribution in [0, 0.1) is 6.92 Å². The second-order valence-electron chi connectivity index (χ2n) is 7.31. The van der Waals surface area contributed by atoms with Crippen molar-refractivity contribution in [2.75, 3.05) is 12.3 Å². The van der Waals surface area contributed by atoms with Crippen molar-refractivity contribution < 1.29 is 9.59 Å². The molecule has 0 unspecified atom stereocenters. The Bertz CT molecular complexity index is 779. The predicted molar refractivity (Wildman–Crippen MR) is 122 cm³/mol. The van der Waals surface area contributed by atoms with Crippen LogP contribution in [0.1, 0.15) is 43.4 Å². The number of rotatable bonds is 11. The minimum absolute atomic E-state index is 0.00959. The molecule has 2 aromatic rings. The van der Waals surface area contributed by atoms with Crippen LogP contribution in [-0.2, 0) is 21.9 Å². The van der Waals surface area contributed by atoms with Gasteiger partial charge in [0.1, 0.15) is 6.04 Å². The van der Waals surface area contributed by atoms with E-state index in [9.17, 15) is 9.59 Å². The number of nitrogens with zero attached hydrogens (tertiary/aromatic N) is 1. The fourth-order valence-corrected chi connectivity index (χ4v) is 3.90. The van der Waals surface area contributed by atoms with Crippen LogP contribution in [0.3, 0.4) is 0 Å². The summed E-state index contributed by atoms with van der Waals surface area (Å²) < 4.78 is 0. The fourth-order valence-electron chi connectivity index (χ4n) is 3.04. The van der Waals surface area contributed by atoms with Gasteiger partial charge in [-0.05, 0) is 31.4 Å². The number of carbonyl (C=O) groups is 2. The summed E-state index contributed by atoms with van der Waals surface area (Å²) in [6.45, 7) is 7.06. The molecule has 1 atom stereocenters. The number of hydrogen-bond acceptors (Lipinski definition) is 3. The lowest BCUT2D eigenvalue weighted by atomic mass is 10.1. The SMILES string of the molecule is CCCCNC(=O)[C@H](C)N(Cc1ccccc1)C(=O)CSCc1cccc(C)c1. The number of amides is 2. The molecule has 0 aliphatic carbocycles. The largest absolute Gasteiger partial charge is 0.354 e. The van der Waals surface area contributed by atoms with E-state index in [0.717, 1.165) is 24.2 Å². The summed E-state index contributed by atoms with van der Waals surface area (Å²) >= 11 is 1.59. The lowest BCUT2D eigenvalue weighted by molar-refractivity contribution is -0.138. The number of benzene rings is 2. The van der Waals surface area contributed by atoms with Crippen molar-refractivity contribution in [1.82, 2.24) is 10.2 Å². The van der Waals surface area contributed by atoms with Crippen LogP contribution in [0.4, 0.5) is 0 Å². The van der Waals surface area contributed by atoms with Gasteiger partial charge in [0.05, 0.1) is 5.75 Å². The Kier molecular flexibility index (Phi) is 9.78. The van der Waals surface area contributed by atoms with E-state index in [2.05, 4.69) is 37.4 Å². The molecule has 0 heterocycles. The highest BCUT2D eigenvalue weighted by Crippen LogP contribution is 2.16. The third kappa shape index (κ3) is 7.94. The highest BCUT2D eigenvalue weighted by atomic mass is 32.2. The van der Waals surface area contributed by atoms with Gasteiger partial charge in [0.15, 0.2) is 0 Å². The molecule has 2 amide bonds. The summed E-state index contributed by atoms with van der Waals surface area (Å²) in [7, 11) is 0. The van der Waals surface area contributed by atoms with Gasteiger partial charge in [0.2, 0.25) is 11.8 Å². The van der Waals surface area contributed by atoms with E-state index in [-0.39, 0.29) is 11.8 Å². The van der Waals surface area contributed by atoms with E-state index >= 15 is 0 Å². The second kappa shape index (κ2) is 12.3. The molecular formula is C24H32N2O2S. The standard InChI is InChI=1S/C24H32N2O2S/c1-4-5-14-25-24(28)20(3)26(16-21-11-7-6-8-12-21)23(27)18-29-17-22-13-9-10-19(2)15-22/h6-13,15,20H,4-5,14,16-18H2,1-3H3,(H,25,28)/t20-/m0/s1. The molecule has 29 heavy (non-hydrogen) atoms. The van der Waals surface area contributed by atoms with Gasteiger partial charge in [0.25, 0.3) is 0 Å². The van der Waals surface area contributed by atoms with E-state index in [1.807, 2.05) is 43.3 Å². The van der Waals surface area contributed by atoms with Gasteiger partial charge in [-0.3, -0.25) is 9.59 Å². The predicted octanol–water partition coefficient (Wildman–Crippen LogP) is 4.56. The summed E-state index contributed by atoms with van der Waals surface area (Å²) in [4.78, 5) is 27.3. The van der Waals surface area contributed by atoms with Gasteiger partial charge in [-0.15, -0.1) is 11.8 Å². The van der Waals surface area contributed by atoms with E-state index < -0.39 is 6.04 Å². The maximum atomic E-state index is 13.0. The quantitative estimate of drug-likeness (QED) is 0.550. The van der Waals surface area contributed by atoms with Crippen molar-refractivity contribution in [3.05, 3.63) is 71.3 Å². The molecule has 0 aliphatic heterocycles. The zero-order valence-electron chi connectivity index (χ0n) is 17.7. The van der Waals surface area contributed by atoms with E-state index in [1.165, 1.54) is 11.1 Å². The van der Waals surface area contributed by atoms with Crippen LogP contribution >= 0.6 is 11.8 Å². The molecule has 0 radical (unpaired) electrons. The smallest absolute Gasteiger partial charge is 0.242 e. The van der Waals surface area contributed by atoms with Crippen LogP contribution < -0.4 is 5.32 Å². The number of carbonyl (C=O) groups excluding carboxylic acids is 2. The molecule has 0 bridgehead atoms. The van der Waals surface area contributed by atoms with Crippen LogP contribution in [0.2, 0.25) is 0 Å². The van der Waals surface area contributed by atoms with Crippen molar-refractivity contribution in [1.29, 1.82) is 0 Å². The van der Waals surface area contributed by atoms with E-state index in [4.69, 9.17) is 0 Å². The number of nitrogens with one attached hydrogen (secondary N) is 1. The Morgan fingerprint density at radius 1 is 1.07 bits per heavy atom. The Morgan fingerprint density at radius 2 is 1.79 bits per heavy atom. The first-order valence-electron chi connectivity index (χ1n) is 10.3. The monoisotopic (exact) mass is 412 g/mol. The molecule has 0 aromatic heterocycles. The van der Waals surface area contributed by atoms with Crippen molar-refractivity contribution in [2.24, 2.45) is 0 Å². The van der Waals surface area contributed by atoms with Crippen LogP contribution in [0.15, 0.2) is 54.6 Å². The summed E-state index contributed by atoms with van der Waals surface area (Å²) in [5.41, 5.74) is 3.46. The molecular weight excluding hydrogens is 380 g/mol. The van der Waals surface area contributed by atoms with Crippen LogP contribution in [-0.4, -0.2) is 35.1 Å². The summed E-state index contributed by atoms with van der Waals surface area (Å²) in [6.07, 6.45) is 1.97. The molecule has 4 nitrogen and oxygen atoms in total. The van der Waals surface area contributed by atoms with Crippen molar-refractivity contribution >= 4 is 23.6 Å². The Morgan fingerprint density at radius 3 is 2.48 bits per heavy atom. The first-order chi connectivity index (χ1) is 14.0. The van der Waals surface area contributed by atoms with Gasteiger partial charge in [-0.2, -0.15) is 0 Å². The summed E-state index contributed by atoms with van der Waals surface area (Å²) in [5.74, 6) is 1.04. The normalized spacial score (nSPS) is 11.7.